The van der Waals surface area contributed by atoms with Crippen molar-refractivity contribution in [1.82, 2.24) is 0 Å². The maximum Gasteiger partial charge on any atom is 0.337 e. The molecule has 1 aliphatic rings. The molecule has 1 fully saturated rings. The third-order valence-corrected chi connectivity index (χ3v) is 3.65. The van der Waals surface area contributed by atoms with Crippen LogP contribution >= 0.6 is 0 Å². The summed E-state index contributed by atoms with van der Waals surface area (Å²) >= 11 is 0. The molecular formula is C15H22N2O4. The van der Waals surface area contributed by atoms with Gasteiger partial charge in [0.1, 0.15) is 0 Å². The number of carboxylic acids is 1. The van der Waals surface area contributed by atoms with E-state index in [-0.39, 0.29) is 24.0 Å². The summed E-state index contributed by atoms with van der Waals surface area (Å²) in [6, 6.07) is 3.46. The number of anilines is 2. The predicted molar refractivity (Wildman–Crippen MR) is 80.8 cm³/mol. The molecule has 1 heterocycles. The Morgan fingerprint density at radius 1 is 1.52 bits per heavy atom. The number of morpholine rings is 1. The van der Waals surface area contributed by atoms with Gasteiger partial charge in [0.2, 0.25) is 0 Å². The molecule has 1 aliphatic heterocycles. The number of benzene rings is 1. The highest BCUT2D eigenvalue weighted by atomic mass is 16.5. The smallest absolute Gasteiger partial charge is 0.337 e. The summed E-state index contributed by atoms with van der Waals surface area (Å²) in [6.07, 6.45) is -0.292. The van der Waals surface area contributed by atoms with Gasteiger partial charge in [0.25, 0.3) is 0 Å². The molecule has 1 atom stereocenters. The number of nitrogen functional groups attached to an aromatic ring is 1. The van der Waals surface area contributed by atoms with E-state index >= 15 is 0 Å². The van der Waals surface area contributed by atoms with Crippen molar-refractivity contribution in [1.29, 1.82) is 0 Å². The largest absolute Gasteiger partial charge is 0.478 e. The van der Waals surface area contributed by atoms with Crippen molar-refractivity contribution in [2.45, 2.75) is 32.5 Å². The van der Waals surface area contributed by atoms with Gasteiger partial charge in [0.05, 0.1) is 23.9 Å². The molecule has 1 aromatic carbocycles. The van der Waals surface area contributed by atoms with Crippen molar-refractivity contribution in [3.05, 3.63) is 23.3 Å². The number of ether oxygens (including phenoxy) is 1. The number of rotatable bonds is 3. The molecular weight excluding hydrogens is 272 g/mol. The Morgan fingerprint density at radius 2 is 2.19 bits per heavy atom. The summed E-state index contributed by atoms with van der Waals surface area (Å²) in [4.78, 5) is 13.3. The zero-order chi connectivity index (χ0) is 15.8. The third kappa shape index (κ3) is 3.28. The summed E-state index contributed by atoms with van der Waals surface area (Å²) in [5.74, 6) is -1.04. The second-order valence-corrected chi connectivity index (χ2v) is 6.09. The number of aryl methyl sites for hydroxylation is 1. The lowest BCUT2D eigenvalue weighted by atomic mass is 10.0. The SMILES string of the molecule is Cc1cc(N2CC(CO)OC(C)(C)C2)cc(C(=O)O)c1N. The lowest BCUT2D eigenvalue weighted by molar-refractivity contribution is -0.101. The number of nitrogens with zero attached hydrogens (tertiary/aromatic N) is 1. The van der Waals surface area contributed by atoms with Crippen LogP contribution < -0.4 is 10.6 Å². The summed E-state index contributed by atoms with van der Waals surface area (Å²) in [5.41, 5.74) is 7.33. The second kappa shape index (κ2) is 5.54. The summed E-state index contributed by atoms with van der Waals surface area (Å²) in [5, 5.41) is 18.6. The minimum Gasteiger partial charge on any atom is -0.478 e. The minimum absolute atomic E-state index is 0.0698. The molecule has 2 rings (SSSR count). The fourth-order valence-electron chi connectivity index (χ4n) is 2.73. The normalized spacial score (nSPS) is 21.3. The average molecular weight is 294 g/mol. The fourth-order valence-corrected chi connectivity index (χ4v) is 2.73. The van der Waals surface area contributed by atoms with E-state index in [0.717, 1.165) is 11.3 Å². The van der Waals surface area contributed by atoms with Crippen molar-refractivity contribution in [2.24, 2.45) is 0 Å². The van der Waals surface area contributed by atoms with Gasteiger partial charge >= 0.3 is 5.97 Å². The Morgan fingerprint density at radius 3 is 2.76 bits per heavy atom. The average Bonchev–Trinajstić information content (AvgIpc) is 2.39. The van der Waals surface area contributed by atoms with E-state index in [9.17, 15) is 15.0 Å². The first-order valence-corrected chi connectivity index (χ1v) is 6.90. The second-order valence-electron chi connectivity index (χ2n) is 6.09. The van der Waals surface area contributed by atoms with Gasteiger partial charge < -0.3 is 25.6 Å². The van der Waals surface area contributed by atoms with Crippen LogP contribution in [0.2, 0.25) is 0 Å². The molecule has 0 spiro atoms. The number of hydrogen-bond acceptors (Lipinski definition) is 5. The Labute approximate surface area is 124 Å². The van der Waals surface area contributed by atoms with Crippen molar-refractivity contribution in [3.8, 4) is 0 Å². The van der Waals surface area contributed by atoms with Gasteiger partial charge in [-0.3, -0.25) is 0 Å². The first-order valence-electron chi connectivity index (χ1n) is 6.90. The number of hydrogen-bond donors (Lipinski definition) is 3. The standard InChI is InChI=1S/C15H22N2O4/c1-9-4-10(5-12(13(9)16)14(19)20)17-6-11(7-18)21-15(2,3)8-17/h4-5,11,18H,6-8,16H2,1-3H3,(H,19,20). The topological polar surface area (TPSA) is 96.0 Å². The van der Waals surface area contributed by atoms with Crippen LogP contribution in [0.5, 0.6) is 0 Å². The lowest BCUT2D eigenvalue weighted by Crippen LogP contribution is -2.54. The van der Waals surface area contributed by atoms with Crippen LogP contribution in [0.4, 0.5) is 11.4 Å². The van der Waals surface area contributed by atoms with Crippen molar-refractivity contribution in [3.63, 3.8) is 0 Å². The molecule has 116 valence electrons. The molecule has 0 radical (unpaired) electrons. The van der Waals surface area contributed by atoms with E-state index in [4.69, 9.17) is 10.5 Å². The molecule has 0 saturated carbocycles. The predicted octanol–water partition coefficient (Wildman–Crippen LogP) is 1.25. The quantitative estimate of drug-likeness (QED) is 0.726. The van der Waals surface area contributed by atoms with Crippen LogP contribution in [0.15, 0.2) is 12.1 Å². The summed E-state index contributed by atoms with van der Waals surface area (Å²) in [7, 11) is 0. The molecule has 21 heavy (non-hydrogen) atoms. The highest BCUT2D eigenvalue weighted by molar-refractivity contribution is 5.95. The first-order chi connectivity index (χ1) is 9.73. The fraction of sp³-hybridized carbons (Fsp3) is 0.533. The number of nitrogens with two attached hydrogens (primary N) is 1. The molecule has 0 amide bonds. The number of aromatic carboxylic acids is 1. The number of aliphatic hydroxyl groups excluding tert-OH is 1. The minimum atomic E-state index is -1.04. The molecule has 1 saturated heterocycles. The van der Waals surface area contributed by atoms with Crippen molar-refractivity contribution < 1.29 is 19.7 Å². The molecule has 1 aromatic rings. The van der Waals surface area contributed by atoms with Crippen LogP contribution in [0.1, 0.15) is 29.8 Å². The van der Waals surface area contributed by atoms with Crippen LogP contribution in [0.25, 0.3) is 0 Å². The van der Waals surface area contributed by atoms with Crippen LogP contribution in [-0.4, -0.2) is 47.6 Å². The van der Waals surface area contributed by atoms with Gasteiger partial charge in [-0.25, -0.2) is 4.79 Å². The van der Waals surface area contributed by atoms with E-state index in [2.05, 4.69) is 0 Å². The number of carbonyl (C=O) groups is 1. The van der Waals surface area contributed by atoms with Crippen molar-refractivity contribution >= 4 is 17.3 Å². The van der Waals surface area contributed by atoms with Gasteiger partial charge in [0.15, 0.2) is 0 Å². The monoisotopic (exact) mass is 294 g/mol. The van der Waals surface area contributed by atoms with E-state index in [1.807, 2.05) is 24.8 Å². The Hall–Kier alpha value is -1.79. The zero-order valence-corrected chi connectivity index (χ0v) is 12.6. The summed E-state index contributed by atoms with van der Waals surface area (Å²) < 4.78 is 5.77. The lowest BCUT2D eigenvalue weighted by Gasteiger charge is -2.43. The molecule has 4 N–H and O–H groups in total. The Balaban J connectivity index is 2.39. The maximum absolute atomic E-state index is 11.3. The van der Waals surface area contributed by atoms with Gasteiger partial charge in [-0.15, -0.1) is 0 Å². The zero-order valence-electron chi connectivity index (χ0n) is 12.6. The molecule has 0 aromatic heterocycles. The number of carboxylic acid groups (broad SMARTS) is 1. The highest BCUT2D eigenvalue weighted by Gasteiger charge is 2.33. The van der Waals surface area contributed by atoms with E-state index < -0.39 is 11.6 Å². The molecule has 1 unspecified atom stereocenters. The van der Waals surface area contributed by atoms with Crippen LogP contribution in [0, 0.1) is 6.92 Å². The Kier molecular flexibility index (Phi) is 4.11. The molecule has 6 nitrogen and oxygen atoms in total. The maximum atomic E-state index is 11.3. The van der Waals surface area contributed by atoms with Crippen molar-refractivity contribution in [2.75, 3.05) is 30.3 Å². The molecule has 6 heteroatoms. The van der Waals surface area contributed by atoms with Gasteiger partial charge in [0, 0.05) is 24.5 Å². The number of aliphatic hydroxyl groups is 1. The van der Waals surface area contributed by atoms with Gasteiger partial charge in [-0.1, -0.05) is 0 Å². The van der Waals surface area contributed by atoms with E-state index in [1.165, 1.54) is 0 Å². The van der Waals surface area contributed by atoms with Gasteiger partial charge in [-0.05, 0) is 38.5 Å². The third-order valence-electron chi connectivity index (χ3n) is 3.65. The molecule has 0 bridgehead atoms. The first kappa shape index (κ1) is 15.6. The molecule has 0 aliphatic carbocycles. The van der Waals surface area contributed by atoms with Crippen LogP contribution in [-0.2, 0) is 4.74 Å². The highest BCUT2D eigenvalue weighted by Crippen LogP contribution is 2.30. The van der Waals surface area contributed by atoms with Gasteiger partial charge in [-0.2, -0.15) is 0 Å². The van der Waals surface area contributed by atoms with E-state index in [0.29, 0.717) is 13.1 Å². The summed E-state index contributed by atoms with van der Waals surface area (Å²) in [6.45, 7) is 6.75. The van der Waals surface area contributed by atoms with Crippen LogP contribution in [0.3, 0.4) is 0 Å². The Bertz CT molecular complexity index is 557. The van der Waals surface area contributed by atoms with E-state index in [1.54, 1.807) is 13.0 Å².